The van der Waals surface area contributed by atoms with E-state index in [0.29, 0.717) is 6.07 Å². The number of aromatic amines is 1. The highest BCUT2D eigenvalue weighted by Crippen LogP contribution is 2.33. The van der Waals surface area contributed by atoms with Crippen molar-refractivity contribution in [2.75, 3.05) is 5.73 Å². The van der Waals surface area contributed by atoms with Crippen LogP contribution in [0.4, 0.5) is 23.2 Å². The van der Waals surface area contributed by atoms with Gasteiger partial charge in [-0.15, -0.1) is 0 Å². The Labute approximate surface area is 103 Å². The maximum absolute atomic E-state index is 13.0. The van der Waals surface area contributed by atoms with Crippen LogP contribution in [-0.2, 0) is 6.18 Å². The maximum atomic E-state index is 13.0. The zero-order chi connectivity index (χ0) is 14.2. The summed E-state index contributed by atoms with van der Waals surface area (Å²) in [6.07, 6.45) is -4.01. The van der Waals surface area contributed by atoms with E-state index in [4.69, 9.17) is 5.73 Å². The van der Waals surface area contributed by atoms with E-state index in [2.05, 4.69) is 9.97 Å². The molecule has 3 N–H and O–H groups in total. The predicted octanol–water partition coefficient (Wildman–Crippen LogP) is 2.18. The number of nitrogens with one attached hydrogen (secondary N) is 1. The number of hydrogen-bond acceptors (Lipinski definition) is 3. The highest BCUT2D eigenvalue weighted by Gasteiger charge is 2.35. The fraction of sp³-hybridized carbons (Fsp3) is 0.0909. The Morgan fingerprint density at radius 2 is 1.95 bits per heavy atom. The van der Waals surface area contributed by atoms with Gasteiger partial charge in [0.1, 0.15) is 5.56 Å². The molecule has 0 bridgehead atoms. The summed E-state index contributed by atoms with van der Waals surface area (Å²) in [7, 11) is 0. The van der Waals surface area contributed by atoms with E-state index in [0.717, 1.165) is 12.3 Å². The van der Waals surface area contributed by atoms with Crippen molar-refractivity contribution in [1.82, 2.24) is 9.97 Å². The first-order chi connectivity index (χ1) is 8.79. The Morgan fingerprint density at radius 1 is 1.26 bits per heavy atom. The largest absolute Gasteiger partial charge is 0.420 e. The summed E-state index contributed by atoms with van der Waals surface area (Å²) in [5.74, 6) is -1.63. The molecule has 2 aromatic rings. The molecule has 0 unspecified atom stereocenters. The first-order valence-corrected chi connectivity index (χ1v) is 5.01. The van der Waals surface area contributed by atoms with Crippen LogP contribution in [0.3, 0.4) is 0 Å². The highest BCUT2D eigenvalue weighted by atomic mass is 19.4. The molecule has 2 rings (SSSR count). The van der Waals surface area contributed by atoms with Gasteiger partial charge in [0.15, 0.2) is 0 Å². The smallest absolute Gasteiger partial charge is 0.397 e. The standard InChI is InChI=1S/C11H7F4N3O/c12-10-6(11(13,14)15)3-5(4-17-10)9-7(16)1-2-8(19)18-9/h1-4H,16H2,(H,18,19). The van der Waals surface area contributed by atoms with Crippen molar-refractivity contribution in [3.63, 3.8) is 0 Å². The molecule has 0 saturated carbocycles. The Hall–Kier alpha value is -2.38. The third kappa shape index (κ3) is 2.56. The van der Waals surface area contributed by atoms with Gasteiger partial charge in [0.05, 0.1) is 11.4 Å². The molecule has 0 aliphatic carbocycles. The van der Waals surface area contributed by atoms with Crippen LogP contribution in [0, 0.1) is 5.95 Å². The molecule has 0 atom stereocenters. The van der Waals surface area contributed by atoms with Crippen LogP contribution in [-0.4, -0.2) is 9.97 Å². The number of nitrogens with zero attached hydrogens (tertiary/aromatic N) is 1. The lowest BCUT2D eigenvalue weighted by Gasteiger charge is -2.10. The van der Waals surface area contributed by atoms with E-state index >= 15 is 0 Å². The summed E-state index contributed by atoms with van der Waals surface area (Å²) >= 11 is 0. The number of rotatable bonds is 1. The van der Waals surface area contributed by atoms with Crippen LogP contribution in [0.25, 0.3) is 11.3 Å². The van der Waals surface area contributed by atoms with Gasteiger partial charge in [-0.2, -0.15) is 17.6 Å². The number of alkyl halides is 3. The molecule has 0 spiro atoms. The lowest BCUT2D eigenvalue weighted by Crippen LogP contribution is -2.11. The second-order valence-corrected chi connectivity index (χ2v) is 3.71. The summed E-state index contributed by atoms with van der Waals surface area (Å²) in [5.41, 5.74) is 3.39. The van der Waals surface area contributed by atoms with Crippen LogP contribution in [0.2, 0.25) is 0 Å². The molecule has 2 aromatic heterocycles. The average molecular weight is 273 g/mol. The number of H-pyrrole nitrogens is 1. The van der Waals surface area contributed by atoms with E-state index in [1.165, 1.54) is 6.07 Å². The third-order valence-electron chi connectivity index (χ3n) is 2.38. The fourth-order valence-corrected chi connectivity index (χ4v) is 1.51. The number of nitrogen functional groups attached to an aromatic ring is 1. The van der Waals surface area contributed by atoms with E-state index in [-0.39, 0.29) is 16.9 Å². The SMILES string of the molecule is Nc1ccc(=O)[nH]c1-c1cnc(F)c(C(F)(F)F)c1. The molecule has 0 amide bonds. The molecule has 0 fully saturated rings. The quantitative estimate of drug-likeness (QED) is 0.618. The Kier molecular flexibility index (Phi) is 3.01. The number of aromatic nitrogens is 2. The molecule has 0 aromatic carbocycles. The zero-order valence-corrected chi connectivity index (χ0v) is 9.25. The van der Waals surface area contributed by atoms with Crippen molar-refractivity contribution >= 4 is 5.69 Å². The molecular weight excluding hydrogens is 266 g/mol. The maximum Gasteiger partial charge on any atom is 0.420 e. The average Bonchev–Trinajstić information content (AvgIpc) is 2.31. The zero-order valence-electron chi connectivity index (χ0n) is 9.25. The Bertz CT molecular complexity index is 678. The molecule has 19 heavy (non-hydrogen) atoms. The van der Waals surface area contributed by atoms with Gasteiger partial charge >= 0.3 is 6.18 Å². The molecule has 8 heteroatoms. The number of pyridine rings is 2. The fourth-order valence-electron chi connectivity index (χ4n) is 1.51. The first-order valence-electron chi connectivity index (χ1n) is 5.01. The van der Waals surface area contributed by atoms with Gasteiger partial charge in [-0.25, -0.2) is 4.98 Å². The van der Waals surface area contributed by atoms with Crippen molar-refractivity contribution < 1.29 is 17.6 Å². The van der Waals surface area contributed by atoms with E-state index in [1.54, 1.807) is 0 Å². The monoisotopic (exact) mass is 273 g/mol. The first kappa shape index (κ1) is 13.1. The molecule has 4 nitrogen and oxygen atoms in total. The van der Waals surface area contributed by atoms with Crippen molar-refractivity contribution in [3.8, 4) is 11.3 Å². The molecular formula is C11H7F4N3O. The minimum absolute atomic E-state index is 0.0366. The Morgan fingerprint density at radius 3 is 2.58 bits per heavy atom. The Balaban J connectivity index is 2.64. The summed E-state index contributed by atoms with van der Waals surface area (Å²) in [6.45, 7) is 0. The molecule has 0 radical (unpaired) electrons. The van der Waals surface area contributed by atoms with Gasteiger partial charge in [0.25, 0.3) is 0 Å². The van der Waals surface area contributed by atoms with E-state index in [9.17, 15) is 22.4 Å². The third-order valence-corrected chi connectivity index (χ3v) is 2.38. The van der Waals surface area contributed by atoms with Gasteiger partial charge in [-0.3, -0.25) is 4.79 Å². The van der Waals surface area contributed by atoms with Gasteiger partial charge in [0.2, 0.25) is 11.5 Å². The van der Waals surface area contributed by atoms with Crippen molar-refractivity contribution in [3.05, 3.63) is 46.3 Å². The van der Waals surface area contributed by atoms with E-state index < -0.39 is 23.2 Å². The number of halogens is 4. The second-order valence-electron chi connectivity index (χ2n) is 3.71. The van der Waals surface area contributed by atoms with Crippen molar-refractivity contribution in [2.45, 2.75) is 6.18 Å². The molecule has 2 heterocycles. The minimum atomic E-state index is -4.88. The van der Waals surface area contributed by atoms with Crippen molar-refractivity contribution in [1.29, 1.82) is 0 Å². The van der Waals surface area contributed by atoms with Gasteiger partial charge in [-0.05, 0) is 12.1 Å². The molecule has 0 aliphatic rings. The predicted molar refractivity (Wildman–Crippen MR) is 59.7 cm³/mol. The lowest BCUT2D eigenvalue weighted by molar-refractivity contribution is -0.140. The van der Waals surface area contributed by atoms with Crippen LogP contribution in [0.5, 0.6) is 0 Å². The highest BCUT2D eigenvalue weighted by molar-refractivity contribution is 5.71. The summed E-state index contributed by atoms with van der Waals surface area (Å²) < 4.78 is 50.7. The van der Waals surface area contributed by atoms with E-state index in [1.807, 2.05) is 0 Å². The molecule has 0 aliphatic heterocycles. The number of nitrogens with two attached hydrogens (primary N) is 1. The number of hydrogen-bond donors (Lipinski definition) is 2. The molecule has 0 saturated heterocycles. The van der Waals surface area contributed by atoms with Crippen LogP contribution in [0.1, 0.15) is 5.56 Å². The van der Waals surface area contributed by atoms with Gasteiger partial charge in [0, 0.05) is 17.8 Å². The topological polar surface area (TPSA) is 71.8 Å². The van der Waals surface area contributed by atoms with Crippen molar-refractivity contribution in [2.24, 2.45) is 0 Å². The van der Waals surface area contributed by atoms with Gasteiger partial charge < -0.3 is 10.7 Å². The second kappa shape index (κ2) is 4.38. The van der Waals surface area contributed by atoms with Crippen LogP contribution < -0.4 is 11.3 Å². The summed E-state index contributed by atoms with van der Waals surface area (Å²) in [6, 6.07) is 2.91. The van der Waals surface area contributed by atoms with Crippen LogP contribution >= 0.6 is 0 Å². The van der Waals surface area contributed by atoms with Gasteiger partial charge in [-0.1, -0.05) is 0 Å². The summed E-state index contributed by atoms with van der Waals surface area (Å²) in [4.78, 5) is 16.4. The number of anilines is 1. The minimum Gasteiger partial charge on any atom is -0.397 e. The van der Waals surface area contributed by atoms with Crippen LogP contribution in [0.15, 0.2) is 29.2 Å². The molecule has 100 valence electrons. The lowest BCUT2D eigenvalue weighted by atomic mass is 10.1. The normalized spacial score (nSPS) is 11.6. The summed E-state index contributed by atoms with van der Waals surface area (Å²) in [5, 5.41) is 0.